The molecule has 5 N–H and O–H groups in total. The normalized spacial score (nSPS) is 11.7. The first-order valence-corrected chi connectivity index (χ1v) is 7.16. The Labute approximate surface area is 129 Å². The number of carboxylic acids is 1. The molecule has 128 valence electrons. The second kappa shape index (κ2) is 14.2. The van der Waals surface area contributed by atoms with Crippen LogP contribution in [0.4, 0.5) is 0 Å². The number of nitrogens with two attached hydrogens (primary N) is 1. The molecule has 9 heteroatoms. The summed E-state index contributed by atoms with van der Waals surface area (Å²) in [5, 5.41) is 13.8. The number of rotatable bonds is 15. The molecular formula is C13H25N3O6. The average Bonchev–Trinajstić information content (AvgIpc) is 2.49. The predicted octanol–water partition coefficient (Wildman–Crippen LogP) is -1.54. The van der Waals surface area contributed by atoms with Crippen LogP contribution in [-0.4, -0.2) is 69.0 Å². The number of unbranched alkanes of at least 4 members (excludes halogenated alkanes) is 1. The van der Waals surface area contributed by atoms with Gasteiger partial charge in [0, 0.05) is 6.54 Å². The number of amides is 2. The van der Waals surface area contributed by atoms with Crippen LogP contribution in [0.5, 0.6) is 0 Å². The van der Waals surface area contributed by atoms with Crippen LogP contribution in [0.3, 0.4) is 0 Å². The molecule has 0 saturated heterocycles. The van der Waals surface area contributed by atoms with E-state index in [2.05, 4.69) is 10.6 Å². The zero-order valence-electron chi connectivity index (χ0n) is 12.6. The van der Waals surface area contributed by atoms with E-state index >= 15 is 0 Å². The summed E-state index contributed by atoms with van der Waals surface area (Å²) in [7, 11) is 0. The molecule has 0 spiro atoms. The smallest absolute Gasteiger partial charge is 0.326 e. The Kier molecular flexibility index (Phi) is 13.1. The molecule has 0 rings (SSSR count). The van der Waals surface area contributed by atoms with Gasteiger partial charge in [-0.2, -0.15) is 0 Å². The molecule has 0 fully saturated rings. The number of carbonyl (C=O) groups excluding carboxylic acids is 2. The van der Waals surface area contributed by atoms with E-state index < -0.39 is 17.9 Å². The lowest BCUT2D eigenvalue weighted by Crippen LogP contribution is -2.42. The van der Waals surface area contributed by atoms with Crippen LogP contribution < -0.4 is 16.4 Å². The number of hydrogen-bond acceptors (Lipinski definition) is 6. The zero-order chi connectivity index (χ0) is 16.6. The SMILES string of the molecule is NCCCCC(NC(=O)COCCOCCNC=O)C(=O)O. The molecule has 0 aromatic rings. The van der Waals surface area contributed by atoms with Crippen molar-refractivity contribution in [1.29, 1.82) is 0 Å². The lowest BCUT2D eigenvalue weighted by Gasteiger charge is -2.14. The number of carboxylic acid groups (broad SMARTS) is 1. The maximum Gasteiger partial charge on any atom is 0.326 e. The second-order valence-electron chi connectivity index (χ2n) is 4.48. The maximum absolute atomic E-state index is 11.6. The molecule has 0 heterocycles. The van der Waals surface area contributed by atoms with E-state index in [9.17, 15) is 14.4 Å². The second-order valence-corrected chi connectivity index (χ2v) is 4.48. The van der Waals surface area contributed by atoms with E-state index in [1.165, 1.54) is 0 Å². The van der Waals surface area contributed by atoms with E-state index in [-0.39, 0.29) is 19.8 Å². The summed E-state index contributed by atoms with van der Waals surface area (Å²) in [5.41, 5.74) is 5.34. The Hall–Kier alpha value is -1.71. The van der Waals surface area contributed by atoms with E-state index in [1.807, 2.05) is 0 Å². The molecule has 0 saturated carbocycles. The Balaban J connectivity index is 3.67. The topological polar surface area (TPSA) is 140 Å². The molecule has 1 atom stereocenters. The molecule has 0 radical (unpaired) electrons. The lowest BCUT2D eigenvalue weighted by atomic mass is 10.1. The predicted molar refractivity (Wildman–Crippen MR) is 78.2 cm³/mol. The quantitative estimate of drug-likeness (QED) is 0.212. The monoisotopic (exact) mass is 319 g/mol. The summed E-state index contributed by atoms with van der Waals surface area (Å²) >= 11 is 0. The highest BCUT2D eigenvalue weighted by Crippen LogP contribution is 2.00. The third-order valence-corrected chi connectivity index (χ3v) is 2.66. The lowest BCUT2D eigenvalue weighted by molar-refractivity contribution is -0.142. The van der Waals surface area contributed by atoms with Crippen molar-refractivity contribution in [3.05, 3.63) is 0 Å². The summed E-state index contributed by atoms with van der Waals surface area (Å²) in [6.07, 6.45) is 2.27. The standard InChI is InChI=1S/C13H25N3O6/c14-4-2-1-3-11(13(19)20)16-12(18)9-22-8-7-21-6-5-15-10-17/h10-11H,1-9,14H2,(H,15,17)(H,16,18)(H,19,20). The minimum absolute atomic E-state index is 0.208. The molecule has 0 aromatic heterocycles. The molecule has 0 bridgehead atoms. The largest absolute Gasteiger partial charge is 0.480 e. The molecular weight excluding hydrogens is 294 g/mol. The van der Waals surface area contributed by atoms with Crippen molar-refractivity contribution in [2.75, 3.05) is 39.5 Å². The minimum atomic E-state index is -1.07. The Morgan fingerprint density at radius 3 is 2.55 bits per heavy atom. The van der Waals surface area contributed by atoms with Gasteiger partial charge in [-0.1, -0.05) is 0 Å². The van der Waals surface area contributed by atoms with Crippen molar-refractivity contribution < 1.29 is 29.0 Å². The molecule has 2 amide bonds. The first kappa shape index (κ1) is 20.3. The van der Waals surface area contributed by atoms with Gasteiger partial charge in [-0.3, -0.25) is 9.59 Å². The Morgan fingerprint density at radius 1 is 1.18 bits per heavy atom. The van der Waals surface area contributed by atoms with Crippen molar-refractivity contribution in [2.24, 2.45) is 5.73 Å². The van der Waals surface area contributed by atoms with Crippen LogP contribution in [0.1, 0.15) is 19.3 Å². The molecule has 22 heavy (non-hydrogen) atoms. The van der Waals surface area contributed by atoms with Crippen LogP contribution in [0.25, 0.3) is 0 Å². The van der Waals surface area contributed by atoms with Crippen LogP contribution in [-0.2, 0) is 23.9 Å². The highest BCUT2D eigenvalue weighted by Gasteiger charge is 2.19. The number of nitrogens with one attached hydrogen (secondary N) is 2. The van der Waals surface area contributed by atoms with E-state index in [4.69, 9.17) is 20.3 Å². The van der Waals surface area contributed by atoms with Crippen molar-refractivity contribution in [2.45, 2.75) is 25.3 Å². The molecule has 0 aromatic carbocycles. The van der Waals surface area contributed by atoms with Crippen molar-refractivity contribution in [3.63, 3.8) is 0 Å². The van der Waals surface area contributed by atoms with Gasteiger partial charge in [0.25, 0.3) is 0 Å². The highest BCUT2D eigenvalue weighted by atomic mass is 16.5. The fourth-order valence-electron chi connectivity index (χ4n) is 1.56. The molecule has 1 unspecified atom stereocenters. The van der Waals surface area contributed by atoms with Gasteiger partial charge in [-0.05, 0) is 25.8 Å². The third-order valence-electron chi connectivity index (χ3n) is 2.66. The van der Waals surface area contributed by atoms with Gasteiger partial charge >= 0.3 is 5.97 Å². The first-order chi connectivity index (χ1) is 10.6. The fourth-order valence-corrected chi connectivity index (χ4v) is 1.56. The number of carbonyl (C=O) groups is 3. The van der Waals surface area contributed by atoms with Crippen molar-refractivity contribution >= 4 is 18.3 Å². The first-order valence-electron chi connectivity index (χ1n) is 7.16. The van der Waals surface area contributed by atoms with Gasteiger partial charge in [0.2, 0.25) is 12.3 Å². The van der Waals surface area contributed by atoms with Gasteiger partial charge in [0.15, 0.2) is 0 Å². The van der Waals surface area contributed by atoms with E-state index in [0.29, 0.717) is 45.4 Å². The van der Waals surface area contributed by atoms with Gasteiger partial charge in [-0.25, -0.2) is 4.79 Å². The van der Waals surface area contributed by atoms with Crippen molar-refractivity contribution in [3.8, 4) is 0 Å². The fraction of sp³-hybridized carbons (Fsp3) is 0.769. The number of hydrogen-bond donors (Lipinski definition) is 4. The Morgan fingerprint density at radius 2 is 1.91 bits per heavy atom. The van der Waals surface area contributed by atoms with Crippen LogP contribution >= 0.6 is 0 Å². The minimum Gasteiger partial charge on any atom is -0.480 e. The third kappa shape index (κ3) is 12.1. The van der Waals surface area contributed by atoms with Gasteiger partial charge in [0.05, 0.1) is 19.8 Å². The summed E-state index contributed by atoms with van der Waals surface area (Å²) in [6.45, 7) is 1.53. The molecule has 0 aliphatic rings. The van der Waals surface area contributed by atoms with Gasteiger partial charge in [0.1, 0.15) is 12.6 Å². The molecule has 0 aliphatic heterocycles. The summed E-state index contributed by atoms with van der Waals surface area (Å²) in [6, 6.07) is -0.923. The summed E-state index contributed by atoms with van der Waals surface area (Å²) in [5.74, 6) is -1.56. The van der Waals surface area contributed by atoms with Crippen LogP contribution in [0, 0.1) is 0 Å². The number of ether oxygens (including phenoxy) is 2. The molecule has 0 aliphatic carbocycles. The maximum atomic E-state index is 11.6. The highest BCUT2D eigenvalue weighted by molar-refractivity contribution is 5.84. The van der Waals surface area contributed by atoms with E-state index in [0.717, 1.165) is 0 Å². The van der Waals surface area contributed by atoms with Gasteiger partial charge < -0.3 is 30.9 Å². The average molecular weight is 319 g/mol. The van der Waals surface area contributed by atoms with Crippen molar-refractivity contribution in [1.82, 2.24) is 10.6 Å². The summed E-state index contributed by atoms with van der Waals surface area (Å²) < 4.78 is 10.2. The Bertz CT molecular complexity index is 327. The molecule has 9 nitrogen and oxygen atoms in total. The number of aliphatic carboxylic acids is 1. The van der Waals surface area contributed by atoms with Crippen LogP contribution in [0.2, 0.25) is 0 Å². The van der Waals surface area contributed by atoms with E-state index in [1.54, 1.807) is 0 Å². The zero-order valence-corrected chi connectivity index (χ0v) is 12.6. The van der Waals surface area contributed by atoms with Gasteiger partial charge in [-0.15, -0.1) is 0 Å². The van der Waals surface area contributed by atoms with Crippen LogP contribution in [0.15, 0.2) is 0 Å². The summed E-state index contributed by atoms with van der Waals surface area (Å²) in [4.78, 5) is 32.5.